The third kappa shape index (κ3) is 2.44. The Bertz CT molecular complexity index is 194. The Hall–Kier alpha value is 0.270. The lowest BCUT2D eigenvalue weighted by Crippen LogP contribution is -2.44. The zero-order valence-electron chi connectivity index (χ0n) is 8.96. The Morgan fingerprint density at radius 2 is 2.07 bits per heavy atom. The number of nitrogens with one attached hydrogen (secondary N) is 1. The summed E-state index contributed by atoms with van der Waals surface area (Å²) in [6.45, 7) is 1.09. The van der Waals surface area contributed by atoms with E-state index in [1.54, 1.807) is 0 Å². The van der Waals surface area contributed by atoms with E-state index >= 15 is 0 Å². The van der Waals surface area contributed by atoms with Crippen LogP contribution < -0.4 is 5.32 Å². The van der Waals surface area contributed by atoms with Gasteiger partial charge in [0.1, 0.15) is 0 Å². The summed E-state index contributed by atoms with van der Waals surface area (Å²) in [5, 5.41) is 13.3. The normalized spacial score (nSPS) is 35.6. The molecule has 0 aromatic heterocycles. The Balaban J connectivity index is 1.73. The molecule has 0 radical (unpaired) electrons. The number of hydrogen-bond donors (Lipinski definition) is 2. The molecule has 2 atom stereocenters. The molecule has 2 fully saturated rings. The monoisotopic (exact) mass is 215 g/mol. The van der Waals surface area contributed by atoms with Gasteiger partial charge in [-0.1, -0.05) is 12.8 Å². The fourth-order valence-corrected chi connectivity index (χ4v) is 3.00. The number of thioether (sulfide) groups is 1. The van der Waals surface area contributed by atoms with Crippen LogP contribution in [-0.4, -0.2) is 34.8 Å². The summed E-state index contributed by atoms with van der Waals surface area (Å²) in [6, 6.07) is 0.369. The fraction of sp³-hybridized carbons (Fsp3) is 1.00. The molecule has 0 amide bonds. The van der Waals surface area contributed by atoms with Crippen LogP contribution in [0, 0.1) is 0 Å². The summed E-state index contributed by atoms with van der Waals surface area (Å²) in [5.41, 5.74) is 0. The third-order valence-electron chi connectivity index (χ3n) is 3.66. The van der Waals surface area contributed by atoms with Gasteiger partial charge in [0, 0.05) is 17.3 Å². The molecule has 82 valence electrons. The maximum absolute atomic E-state index is 9.79. The van der Waals surface area contributed by atoms with E-state index in [2.05, 4.69) is 11.6 Å². The maximum Gasteiger partial charge on any atom is 0.0693 e. The van der Waals surface area contributed by atoms with Crippen molar-refractivity contribution in [2.75, 3.05) is 12.8 Å². The van der Waals surface area contributed by atoms with E-state index in [0.29, 0.717) is 10.8 Å². The fourth-order valence-electron chi connectivity index (χ4n) is 2.26. The van der Waals surface area contributed by atoms with Crippen molar-refractivity contribution in [1.82, 2.24) is 5.32 Å². The van der Waals surface area contributed by atoms with Gasteiger partial charge < -0.3 is 10.4 Å². The molecule has 0 spiro atoms. The lowest BCUT2D eigenvalue weighted by Gasteiger charge is -2.29. The summed E-state index contributed by atoms with van der Waals surface area (Å²) in [4.78, 5) is 0. The van der Waals surface area contributed by atoms with Crippen molar-refractivity contribution in [3.63, 3.8) is 0 Å². The van der Waals surface area contributed by atoms with Gasteiger partial charge in [0.05, 0.1) is 6.10 Å². The Kier molecular flexibility index (Phi) is 3.40. The standard InChI is InChI=1S/C11H21NOS/c1-14-11(6-7-11)8-12-9-4-2-3-5-10(9)13/h9-10,12-13H,2-8H2,1H3/t9-,10-/m0/s1. The summed E-state index contributed by atoms with van der Waals surface area (Å²) in [6.07, 6.45) is 9.44. The lowest BCUT2D eigenvalue weighted by atomic mass is 9.92. The van der Waals surface area contributed by atoms with Crippen LogP contribution >= 0.6 is 11.8 Å². The van der Waals surface area contributed by atoms with Gasteiger partial charge in [0.15, 0.2) is 0 Å². The van der Waals surface area contributed by atoms with Crippen LogP contribution in [-0.2, 0) is 0 Å². The van der Waals surface area contributed by atoms with Crippen LogP contribution in [0.1, 0.15) is 38.5 Å². The van der Waals surface area contributed by atoms with Gasteiger partial charge in [-0.2, -0.15) is 11.8 Å². The van der Waals surface area contributed by atoms with E-state index in [0.717, 1.165) is 19.4 Å². The predicted octanol–water partition coefficient (Wildman–Crippen LogP) is 1.78. The smallest absolute Gasteiger partial charge is 0.0693 e. The highest BCUT2D eigenvalue weighted by atomic mass is 32.2. The third-order valence-corrected chi connectivity index (χ3v) is 5.08. The minimum absolute atomic E-state index is 0.0959. The molecule has 2 aliphatic carbocycles. The summed E-state index contributed by atoms with van der Waals surface area (Å²) in [7, 11) is 0. The molecule has 0 aromatic rings. The van der Waals surface area contributed by atoms with Gasteiger partial charge in [-0.3, -0.25) is 0 Å². The second kappa shape index (κ2) is 4.42. The molecule has 0 heterocycles. The first kappa shape index (κ1) is 10.8. The van der Waals surface area contributed by atoms with E-state index in [4.69, 9.17) is 0 Å². The molecule has 2 rings (SSSR count). The quantitative estimate of drug-likeness (QED) is 0.750. The molecule has 0 aliphatic heterocycles. The van der Waals surface area contributed by atoms with Crippen molar-refractivity contribution in [1.29, 1.82) is 0 Å². The minimum Gasteiger partial charge on any atom is -0.392 e. The van der Waals surface area contributed by atoms with Crippen LogP contribution in [0.4, 0.5) is 0 Å². The molecule has 3 heteroatoms. The van der Waals surface area contributed by atoms with Crippen LogP contribution in [0.15, 0.2) is 0 Å². The first-order valence-corrected chi connectivity index (χ1v) is 6.95. The second-order valence-corrected chi connectivity index (χ2v) is 6.00. The Morgan fingerprint density at radius 3 is 2.64 bits per heavy atom. The van der Waals surface area contributed by atoms with Crippen molar-refractivity contribution < 1.29 is 5.11 Å². The van der Waals surface area contributed by atoms with Gasteiger partial charge >= 0.3 is 0 Å². The van der Waals surface area contributed by atoms with Crippen molar-refractivity contribution in [2.45, 2.75) is 55.4 Å². The average molecular weight is 215 g/mol. The van der Waals surface area contributed by atoms with Gasteiger partial charge in [-0.05, 0) is 31.9 Å². The Morgan fingerprint density at radius 1 is 1.36 bits per heavy atom. The van der Waals surface area contributed by atoms with E-state index in [9.17, 15) is 5.11 Å². The molecule has 0 saturated heterocycles. The van der Waals surface area contributed by atoms with Gasteiger partial charge in [-0.15, -0.1) is 0 Å². The highest BCUT2D eigenvalue weighted by Gasteiger charge is 2.42. The average Bonchev–Trinajstić information content (AvgIpc) is 2.98. The number of rotatable bonds is 4. The molecule has 2 saturated carbocycles. The molecule has 2 N–H and O–H groups in total. The van der Waals surface area contributed by atoms with Gasteiger partial charge in [-0.25, -0.2) is 0 Å². The number of hydrogen-bond acceptors (Lipinski definition) is 3. The highest BCUT2D eigenvalue weighted by molar-refractivity contribution is 8.00. The van der Waals surface area contributed by atoms with Crippen molar-refractivity contribution in [2.24, 2.45) is 0 Å². The van der Waals surface area contributed by atoms with E-state index in [1.165, 1.54) is 25.7 Å². The molecule has 2 aliphatic rings. The highest BCUT2D eigenvalue weighted by Crippen LogP contribution is 2.46. The zero-order valence-corrected chi connectivity index (χ0v) is 9.78. The molecular formula is C11H21NOS. The SMILES string of the molecule is CSC1(CN[C@H]2CCCC[C@@H]2O)CC1. The topological polar surface area (TPSA) is 32.3 Å². The van der Waals surface area contributed by atoms with E-state index < -0.39 is 0 Å². The summed E-state index contributed by atoms with van der Waals surface area (Å²) in [5.74, 6) is 0. The second-order valence-electron chi connectivity index (χ2n) is 4.73. The van der Waals surface area contributed by atoms with E-state index in [1.807, 2.05) is 11.8 Å². The van der Waals surface area contributed by atoms with Crippen molar-refractivity contribution in [3.05, 3.63) is 0 Å². The molecule has 0 unspecified atom stereocenters. The van der Waals surface area contributed by atoms with Crippen LogP contribution in [0.2, 0.25) is 0 Å². The number of aliphatic hydroxyl groups excluding tert-OH is 1. The van der Waals surface area contributed by atoms with Crippen LogP contribution in [0.3, 0.4) is 0 Å². The van der Waals surface area contributed by atoms with Gasteiger partial charge in [0.25, 0.3) is 0 Å². The molecule has 2 nitrogen and oxygen atoms in total. The number of aliphatic hydroxyl groups is 1. The molecule has 0 aromatic carbocycles. The predicted molar refractivity (Wildman–Crippen MR) is 61.7 cm³/mol. The summed E-state index contributed by atoms with van der Waals surface area (Å²) >= 11 is 1.98. The Labute approximate surface area is 90.8 Å². The zero-order chi connectivity index (χ0) is 10.0. The van der Waals surface area contributed by atoms with Crippen LogP contribution in [0.5, 0.6) is 0 Å². The molecular weight excluding hydrogens is 194 g/mol. The summed E-state index contributed by atoms with van der Waals surface area (Å²) < 4.78 is 0.525. The maximum atomic E-state index is 9.79. The molecule has 0 bridgehead atoms. The van der Waals surface area contributed by atoms with Gasteiger partial charge in [0.2, 0.25) is 0 Å². The van der Waals surface area contributed by atoms with Crippen LogP contribution in [0.25, 0.3) is 0 Å². The van der Waals surface area contributed by atoms with Crippen molar-refractivity contribution >= 4 is 11.8 Å². The van der Waals surface area contributed by atoms with E-state index in [-0.39, 0.29) is 6.10 Å². The molecule has 14 heavy (non-hydrogen) atoms. The minimum atomic E-state index is -0.0959. The first-order chi connectivity index (χ1) is 6.76. The first-order valence-electron chi connectivity index (χ1n) is 5.72. The largest absolute Gasteiger partial charge is 0.392 e. The lowest BCUT2D eigenvalue weighted by molar-refractivity contribution is 0.0910. The van der Waals surface area contributed by atoms with Crippen molar-refractivity contribution in [3.8, 4) is 0 Å².